The molecule has 0 aliphatic rings. The summed E-state index contributed by atoms with van der Waals surface area (Å²) in [6.07, 6.45) is 1.31. The Bertz CT molecular complexity index is 701. The topological polar surface area (TPSA) is 59.6 Å². The summed E-state index contributed by atoms with van der Waals surface area (Å²) in [4.78, 5) is 12.0. The van der Waals surface area contributed by atoms with Crippen LogP contribution in [0.2, 0.25) is 0 Å². The predicted molar refractivity (Wildman–Crippen MR) is 101 cm³/mol. The van der Waals surface area contributed by atoms with E-state index in [1.807, 2.05) is 49.4 Å². The van der Waals surface area contributed by atoms with Crippen LogP contribution >= 0.6 is 0 Å². The van der Waals surface area contributed by atoms with E-state index >= 15 is 0 Å². The molecule has 0 radical (unpaired) electrons. The highest BCUT2D eigenvalue weighted by atomic mass is 16.5. The largest absolute Gasteiger partial charge is 0.493 e. The van der Waals surface area contributed by atoms with E-state index in [1.54, 1.807) is 14.2 Å². The van der Waals surface area contributed by atoms with Crippen molar-refractivity contribution in [3.63, 3.8) is 0 Å². The first kappa shape index (κ1) is 18.8. The molecular formula is C20H26N2O3. The summed E-state index contributed by atoms with van der Waals surface area (Å²) >= 11 is 0. The van der Waals surface area contributed by atoms with E-state index in [0.29, 0.717) is 13.0 Å². The summed E-state index contributed by atoms with van der Waals surface area (Å²) in [7, 11) is 3.26. The number of hydrogen-bond donors (Lipinski definition) is 2. The normalized spacial score (nSPS) is 10.4. The summed E-state index contributed by atoms with van der Waals surface area (Å²) in [6.45, 7) is 3.43. The van der Waals surface area contributed by atoms with Gasteiger partial charge >= 0.3 is 0 Å². The molecule has 0 saturated heterocycles. The summed E-state index contributed by atoms with van der Waals surface area (Å²) in [5.41, 5.74) is 3.10. The number of carbonyl (C=O) groups excluding carboxylic acids is 1. The fraction of sp³-hybridized carbons (Fsp3) is 0.350. The van der Waals surface area contributed by atoms with Crippen LogP contribution in [0.3, 0.4) is 0 Å². The third-order valence-corrected chi connectivity index (χ3v) is 3.99. The van der Waals surface area contributed by atoms with Crippen LogP contribution in [0.4, 0.5) is 5.69 Å². The molecule has 25 heavy (non-hydrogen) atoms. The molecule has 0 unspecified atom stereocenters. The Hall–Kier alpha value is -2.53. The first-order chi connectivity index (χ1) is 12.1. The molecule has 0 aliphatic carbocycles. The van der Waals surface area contributed by atoms with Gasteiger partial charge in [0.1, 0.15) is 0 Å². The van der Waals surface area contributed by atoms with Gasteiger partial charge in [0, 0.05) is 18.7 Å². The van der Waals surface area contributed by atoms with Gasteiger partial charge in [0.25, 0.3) is 0 Å². The van der Waals surface area contributed by atoms with Crippen molar-refractivity contribution in [3.05, 3.63) is 53.6 Å². The zero-order valence-corrected chi connectivity index (χ0v) is 15.1. The van der Waals surface area contributed by atoms with Crippen molar-refractivity contribution >= 4 is 11.6 Å². The second-order valence-electron chi connectivity index (χ2n) is 5.80. The van der Waals surface area contributed by atoms with E-state index in [2.05, 4.69) is 10.6 Å². The number of hydrogen-bond acceptors (Lipinski definition) is 4. The first-order valence-electron chi connectivity index (χ1n) is 8.41. The van der Waals surface area contributed by atoms with Crippen LogP contribution in [0.1, 0.15) is 17.5 Å². The Balaban J connectivity index is 1.69. The van der Waals surface area contributed by atoms with Crippen LogP contribution in [0.5, 0.6) is 11.5 Å². The number of aryl methyl sites for hydroxylation is 1. The quantitative estimate of drug-likeness (QED) is 0.687. The molecule has 134 valence electrons. The Morgan fingerprint density at radius 1 is 1.00 bits per heavy atom. The van der Waals surface area contributed by atoms with Crippen molar-refractivity contribution in [1.29, 1.82) is 0 Å². The Labute approximate surface area is 149 Å². The highest BCUT2D eigenvalue weighted by Gasteiger charge is 2.05. The SMILES string of the molecule is COc1ccc(CCNCCC(=O)Nc2ccccc2C)cc1OC. The molecule has 0 fully saturated rings. The number of ether oxygens (including phenoxy) is 2. The fourth-order valence-corrected chi connectivity index (χ4v) is 2.52. The van der Waals surface area contributed by atoms with Crippen LogP contribution in [0.25, 0.3) is 0 Å². The predicted octanol–water partition coefficient (Wildman–Crippen LogP) is 3.17. The van der Waals surface area contributed by atoms with Crippen LogP contribution in [0, 0.1) is 6.92 Å². The zero-order chi connectivity index (χ0) is 18.1. The molecule has 2 N–H and O–H groups in total. The number of anilines is 1. The van der Waals surface area contributed by atoms with E-state index in [4.69, 9.17) is 9.47 Å². The van der Waals surface area contributed by atoms with Gasteiger partial charge in [-0.1, -0.05) is 24.3 Å². The number of benzene rings is 2. The van der Waals surface area contributed by atoms with Gasteiger partial charge in [-0.05, 0) is 49.2 Å². The fourth-order valence-electron chi connectivity index (χ4n) is 2.52. The van der Waals surface area contributed by atoms with Crippen molar-refractivity contribution in [2.24, 2.45) is 0 Å². The summed E-state index contributed by atoms with van der Waals surface area (Å²) in [6, 6.07) is 13.7. The molecule has 0 atom stereocenters. The molecule has 0 aromatic heterocycles. The molecular weight excluding hydrogens is 316 g/mol. The first-order valence-corrected chi connectivity index (χ1v) is 8.41. The van der Waals surface area contributed by atoms with Gasteiger partial charge in [-0.2, -0.15) is 0 Å². The van der Waals surface area contributed by atoms with Crippen molar-refractivity contribution in [1.82, 2.24) is 5.32 Å². The maximum atomic E-state index is 12.0. The van der Waals surface area contributed by atoms with Crippen molar-refractivity contribution in [3.8, 4) is 11.5 Å². The molecule has 2 aromatic rings. The second kappa shape index (κ2) is 9.69. The lowest BCUT2D eigenvalue weighted by molar-refractivity contribution is -0.116. The van der Waals surface area contributed by atoms with E-state index < -0.39 is 0 Å². The summed E-state index contributed by atoms with van der Waals surface area (Å²) in [5, 5.41) is 6.24. The Morgan fingerprint density at radius 3 is 2.48 bits per heavy atom. The minimum Gasteiger partial charge on any atom is -0.493 e. The molecule has 0 spiro atoms. The van der Waals surface area contributed by atoms with E-state index in [-0.39, 0.29) is 5.91 Å². The molecule has 5 heteroatoms. The monoisotopic (exact) mass is 342 g/mol. The molecule has 0 bridgehead atoms. The van der Waals surface area contributed by atoms with E-state index in [0.717, 1.165) is 41.3 Å². The van der Waals surface area contributed by atoms with Crippen LogP contribution in [-0.2, 0) is 11.2 Å². The highest BCUT2D eigenvalue weighted by molar-refractivity contribution is 5.91. The van der Waals surface area contributed by atoms with Gasteiger partial charge in [-0.15, -0.1) is 0 Å². The van der Waals surface area contributed by atoms with Crippen molar-refractivity contribution < 1.29 is 14.3 Å². The lowest BCUT2D eigenvalue weighted by Gasteiger charge is -2.10. The molecule has 2 aromatic carbocycles. The number of methoxy groups -OCH3 is 2. The number of carbonyl (C=O) groups is 1. The van der Waals surface area contributed by atoms with Gasteiger partial charge in [0.2, 0.25) is 5.91 Å². The smallest absolute Gasteiger partial charge is 0.225 e. The van der Waals surface area contributed by atoms with E-state index in [1.165, 1.54) is 0 Å². The van der Waals surface area contributed by atoms with E-state index in [9.17, 15) is 4.79 Å². The minimum absolute atomic E-state index is 0.0212. The third-order valence-electron chi connectivity index (χ3n) is 3.99. The number of para-hydroxylation sites is 1. The highest BCUT2D eigenvalue weighted by Crippen LogP contribution is 2.27. The molecule has 5 nitrogen and oxygen atoms in total. The van der Waals surface area contributed by atoms with Crippen LogP contribution in [0.15, 0.2) is 42.5 Å². The Kier molecular flexibility index (Phi) is 7.29. The minimum atomic E-state index is 0.0212. The average Bonchev–Trinajstić information content (AvgIpc) is 2.63. The maximum absolute atomic E-state index is 12.0. The Morgan fingerprint density at radius 2 is 1.76 bits per heavy atom. The van der Waals surface area contributed by atoms with Gasteiger partial charge in [-0.25, -0.2) is 0 Å². The molecule has 2 rings (SSSR count). The van der Waals surface area contributed by atoms with Crippen LogP contribution in [-0.4, -0.2) is 33.2 Å². The van der Waals surface area contributed by atoms with Crippen molar-refractivity contribution in [2.75, 3.05) is 32.6 Å². The number of nitrogens with one attached hydrogen (secondary N) is 2. The summed E-state index contributed by atoms with van der Waals surface area (Å²) < 4.78 is 10.5. The standard InChI is InChI=1S/C20H26N2O3/c1-15-6-4-5-7-17(15)22-20(23)11-13-21-12-10-16-8-9-18(24-2)19(14-16)25-3/h4-9,14,21H,10-13H2,1-3H3,(H,22,23). The maximum Gasteiger partial charge on any atom is 0.225 e. The zero-order valence-electron chi connectivity index (χ0n) is 15.1. The summed E-state index contributed by atoms with van der Waals surface area (Å²) in [5.74, 6) is 1.48. The van der Waals surface area contributed by atoms with Crippen molar-refractivity contribution in [2.45, 2.75) is 19.8 Å². The third kappa shape index (κ3) is 5.80. The lowest BCUT2D eigenvalue weighted by atomic mass is 10.1. The molecule has 0 saturated carbocycles. The number of rotatable bonds is 9. The molecule has 0 aliphatic heterocycles. The van der Waals surface area contributed by atoms with Gasteiger partial charge in [0.15, 0.2) is 11.5 Å². The molecule has 0 heterocycles. The average molecular weight is 342 g/mol. The van der Waals surface area contributed by atoms with Gasteiger partial charge < -0.3 is 20.1 Å². The second-order valence-corrected chi connectivity index (χ2v) is 5.80. The number of amides is 1. The lowest BCUT2D eigenvalue weighted by Crippen LogP contribution is -2.23. The van der Waals surface area contributed by atoms with Gasteiger partial charge in [-0.3, -0.25) is 4.79 Å². The van der Waals surface area contributed by atoms with Gasteiger partial charge in [0.05, 0.1) is 14.2 Å². The molecule has 1 amide bonds. The van der Waals surface area contributed by atoms with Crippen LogP contribution < -0.4 is 20.1 Å².